The van der Waals surface area contributed by atoms with Crippen molar-refractivity contribution in [2.24, 2.45) is 5.73 Å². The number of primary amides is 1. The zero-order chi connectivity index (χ0) is 22.0. The summed E-state index contributed by atoms with van der Waals surface area (Å²) in [6.07, 6.45) is 6.56. The molecular formula is C19H21N7O4S. The van der Waals surface area contributed by atoms with Crippen molar-refractivity contribution in [3.8, 4) is 11.6 Å². The Morgan fingerprint density at radius 1 is 1.10 bits per heavy atom. The van der Waals surface area contributed by atoms with E-state index in [1.165, 1.54) is 35.9 Å². The average Bonchev–Trinajstić information content (AvgIpc) is 3.34. The number of ether oxygens (including phenoxy) is 1. The van der Waals surface area contributed by atoms with E-state index >= 15 is 0 Å². The standard InChI is InChI=1S/C19H21N7O4S/c1-30-16-3-2-14(10-15(16)19(20)27)31(28,29)26-8-6-24(7-9-26)17-11-18(23-12-22-17)25-5-4-21-13-25/h2-5,10-13H,6-9H2,1H3,(H2,20,27). The Kier molecular flexibility index (Phi) is 5.57. The summed E-state index contributed by atoms with van der Waals surface area (Å²) in [5.74, 6) is 0.857. The molecule has 0 spiro atoms. The molecule has 1 aromatic carbocycles. The number of methoxy groups -OCH3 is 1. The molecule has 11 nitrogen and oxygen atoms in total. The Bertz CT molecular complexity index is 1190. The first-order chi connectivity index (χ1) is 14.9. The van der Waals surface area contributed by atoms with Gasteiger partial charge in [0.1, 0.15) is 30.0 Å². The predicted octanol–water partition coefficient (Wildman–Crippen LogP) is 0.281. The third-order valence-electron chi connectivity index (χ3n) is 5.04. The van der Waals surface area contributed by atoms with Gasteiger partial charge in [0.15, 0.2) is 0 Å². The smallest absolute Gasteiger partial charge is 0.252 e. The predicted molar refractivity (Wildman–Crippen MR) is 112 cm³/mol. The summed E-state index contributed by atoms with van der Waals surface area (Å²) in [5, 5.41) is 0. The molecule has 2 aromatic heterocycles. The van der Waals surface area contributed by atoms with E-state index in [9.17, 15) is 13.2 Å². The Morgan fingerprint density at radius 2 is 1.84 bits per heavy atom. The van der Waals surface area contributed by atoms with Crippen LogP contribution in [0.15, 0.2) is 54.2 Å². The first kappa shape index (κ1) is 20.8. The number of carbonyl (C=O) groups is 1. The van der Waals surface area contributed by atoms with E-state index < -0.39 is 15.9 Å². The molecule has 4 rings (SSSR count). The van der Waals surface area contributed by atoms with Crippen molar-refractivity contribution < 1.29 is 17.9 Å². The van der Waals surface area contributed by atoms with Gasteiger partial charge in [-0.15, -0.1) is 0 Å². The van der Waals surface area contributed by atoms with Crippen LogP contribution in [0.3, 0.4) is 0 Å². The van der Waals surface area contributed by atoms with Crippen molar-refractivity contribution in [1.82, 2.24) is 23.8 Å². The fraction of sp³-hybridized carbons (Fsp3) is 0.263. The molecule has 1 aliphatic heterocycles. The second kappa shape index (κ2) is 8.32. The summed E-state index contributed by atoms with van der Waals surface area (Å²) in [6.45, 7) is 1.45. The summed E-state index contributed by atoms with van der Waals surface area (Å²) in [4.78, 5) is 26.2. The number of nitrogens with zero attached hydrogens (tertiary/aromatic N) is 6. The highest BCUT2D eigenvalue weighted by atomic mass is 32.2. The molecule has 1 amide bonds. The lowest BCUT2D eigenvalue weighted by atomic mass is 10.2. The molecule has 162 valence electrons. The molecule has 0 aliphatic carbocycles. The summed E-state index contributed by atoms with van der Waals surface area (Å²) in [7, 11) is -2.40. The lowest BCUT2D eigenvalue weighted by Crippen LogP contribution is -2.49. The normalized spacial score (nSPS) is 15.1. The van der Waals surface area contributed by atoms with Gasteiger partial charge in [-0.1, -0.05) is 0 Å². The fourth-order valence-corrected chi connectivity index (χ4v) is 4.84. The van der Waals surface area contributed by atoms with Crippen molar-refractivity contribution in [3.63, 3.8) is 0 Å². The number of carbonyl (C=O) groups excluding carboxylic acids is 1. The summed E-state index contributed by atoms with van der Waals surface area (Å²) in [5.41, 5.74) is 5.38. The van der Waals surface area contributed by atoms with E-state index in [-0.39, 0.29) is 29.3 Å². The number of sulfonamides is 1. The van der Waals surface area contributed by atoms with Gasteiger partial charge in [0.25, 0.3) is 5.91 Å². The number of amides is 1. The van der Waals surface area contributed by atoms with Crippen LogP contribution in [0.1, 0.15) is 10.4 Å². The summed E-state index contributed by atoms with van der Waals surface area (Å²) < 4.78 is 34.4. The number of piperazine rings is 1. The number of rotatable bonds is 6. The summed E-state index contributed by atoms with van der Waals surface area (Å²) >= 11 is 0. The van der Waals surface area contributed by atoms with Crippen LogP contribution in [0.5, 0.6) is 5.75 Å². The van der Waals surface area contributed by atoms with E-state index in [0.717, 1.165) is 0 Å². The molecular weight excluding hydrogens is 422 g/mol. The van der Waals surface area contributed by atoms with Crippen LogP contribution < -0.4 is 15.4 Å². The van der Waals surface area contributed by atoms with Crippen molar-refractivity contribution in [1.29, 1.82) is 0 Å². The molecule has 0 saturated carbocycles. The van der Waals surface area contributed by atoms with Crippen molar-refractivity contribution in [3.05, 3.63) is 54.9 Å². The number of anilines is 1. The molecule has 0 bridgehead atoms. The molecule has 1 saturated heterocycles. The highest BCUT2D eigenvalue weighted by Gasteiger charge is 2.30. The lowest BCUT2D eigenvalue weighted by Gasteiger charge is -2.34. The molecule has 0 radical (unpaired) electrons. The van der Waals surface area contributed by atoms with Gasteiger partial charge in [-0.25, -0.2) is 23.4 Å². The van der Waals surface area contributed by atoms with E-state index in [4.69, 9.17) is 10.5 Å². The van der Waals surface area contributed by atoms with Crippen LogP contribution in [-0.4, -0.2) is 71.4 Å². The van der Waals surface area contributed by atoms with E-state index in [1.807, 2.05) is 11.0 Å². The van der Waals surface area contributed by atoms with Crippen LogP contribution in [0.2, 0.25) is 0 Å². The van der Waals surface area contributed by atoms with Crippen molar-refractivity contribution in [2.75, 3.05) is 38.2 Å². The molecule has 31 heavy (non-hydrogen) atoms. The first-order valence-electron chi connectivity index (χ1n) is 9.43. The molecule has 1 aliphatic rings. The Hall–Kier alpha value is -3.51. The number of hydrogen-bond donors (Lipinski definition) is 1. The largest absolute Gasteiger partial charge is 0.496 e. The SMILES string of the molecule is COc1ccc(S(=O)(=O)N2CCN(c3cc(-n4ccnc4)ncn3)CC2)cc1C(N)=O. The third-order valence-corrected chi connectivity index (χ3v) is 6.94. The van der Waals surface area contributed by atoms with Crippen LogP contribution in [0, 0.1) is 0 Å². The van der Waals surface area contributed by atoms with E-state index in [0.29, 0.717) is 24.7 Å². The molecule has 1 fully saturated rings. The second-order valence-electron chi connectivity index (χ2n) is 6.82. The topological polar surface area (TPSA) is 137 Å². The van der Waals surface area contributed by atoms with Crippen LogP contribution in [-0.2, 0) is 10.0 Å². The number of nitrogens with two attached hydrogens (primary N) is 1. The molecule has 2 N–H and O–H groups in total. The maximum atomic E-state index is 13.1. The van der Waals surface area contributed by atoms with E-state index in [1.54, 1.807) is 23.3 Å². The molecule has 3 aromatic rings. The molecule has 0 atom stereocenters. The van der Waals surface area contributed by atoms with Gasteiger partial charge >= 0.3 is 0 Å². The molecule has 12 heteroatoms. The van der Waals surface area contributed by atoms with Gasteiger partial charge in [0.2, 0.25) is 10.0 Å². The van der Waals surface area contributed by atoms with Gasteiger partial charge in [-0.05, 0) is 18.2 Å². The van der Waals surface area contributed by atoms with Crippen LogP contribution in [0.25, 0.3) is 5.82 Å². The van der Waals surface area contributed by atoms with Gasteiger partial charge in [0, 0.05) is 44.6 Å². The van der Waals surface area contributed by atoms with Gasteiger partial charge < -0.3 is 15.4 Å². The minimum absolute atomic E-state index is 0.0000184. The van der Waals surface area contributed by atoms with Crippen molar-refractivity contribution >= 4 is 21.7 Å². The molecule has 0 unspecified atom stereocenters. The first-order valence-corrected chi connectivity index (χ1v) is 10.9. The minimum Gasteiger partial charge on any atom is -0.496 e. The highest BCUT2D eigenvalue weighted by molar-refractivity contribution is 7.89. The van der Waals surface area contributed by atoms with Crippen LogP contribution >= 0.6 is 0 Å². The number of imidazole rings is 1. The Labute approximate surface area is 179 Å². The quantitative estimate of drug-likeness (QED) is 0.574. The maximum Gasteiger partial charge on any atom is 0.252 e. The van der Waals surface area contributed by atoms with E-state index in [2.05, 4.69) is 15.0 Å². The van der Waals surface area contributed by atoms with Crippen LogP contribution in [0.4, 0.5) is 5.82 Å². The maximum absolute atomic E-state index is 13.1. The lowest BCUT2D eigenvalue weighted by molar-refractivity contribution is 0.0997. The van der Waals surface area contributed by atoms with Crippen molar-refractivity contribution in [2.45, 2.75) is 4.90 Å². The number of benzene rings is 1. The minimum atomic E-state index is -3.79. The fourth-order valence-electron chi connectivity index (χ4n) is 3.39. The third kappa shape index (κ3) is 4.07. The van der Waals surface area contributed by atoms with Gasteiger partial charge in [-0.2, -0.15) is 4.31 Å². The highest BCUT2D eigenvalue weighted by Crippen LogP contribution is 2.25. The van der Waals surface area contributed by atoms with Gasteiger partial charge in [-0.3, -0.25) is 9.36 Å². The number of hydrogen-bond acceptors (Lipinski definition) is 8. The molecule has 3 heterocycles. The second-order valence-corrected chi connectivity index (χ2v) is 8.76. The zero-order valence-corrected chi connectivity index (χ0v) is 17.6. The van der Waals surface area contributed by atoms with Gasteiger partial charge in [0.05, 0.1) is 17.6 Å². The Morgan fingerprint density at radius 3 is 2.48 bits per heavy atom. The zero-order valence-electron chi connectivity index (χ0n) is 16.7. The summed E-state index contributed by atoms with van der Waals surface area (Å²) in [6, 6.07) is 5.93. The monoisotopic (exact) mass is 443 g/mol. The number of aromatic nitrogens is 4. The average molecular weight is 443 g/mol. The Balaban J connectivity index is 1.50.